The van der Waals surface area contributed by atoms with Gasteiger partial charge < -0.3 is 0 Å². The summed E-state index contributed by atoms with van der Waals surface area (Å²) in [4.78, 5) is 0. The summed E-state index contributed by atoms with van der Waals surface area (Å²) in [5.74, 6) is 0. The molecule has 2 rings (SSSR count). The Labute approximate surface area is 110 Å². The van der Waals surface area contributed by atoms with Gasteiger partial charge in [0, 0.05) is 0 Å². The van der Waals surface area contributed by atoms with E-state index >= 15 is 0 Å². The van der Waals surface area contributed by atoms with Crippen LogP contribution >= 0.6 is 0 Å². The average Bonchev–Trinajstić information content (AvgIpc) is 2.36. The summed E-state index contributed by atoms with van der Waals surface area (Å²) in [6, 6.07) is 10.3. The molecule has 1 aliphatic rings. The van der Waals surface area contributed by atoms with Crippen molar-refractivity contribution in [3.05, 3.63) is 35.9 Å². The Kier molecular flexibility index (Phi) is 22.3. The maximum absolute atomic E-state index is 2.08. The second-order valence-corrected chi connectivity index (χ2v) is 3.78. The van der Waals surface area contributed by atoms with Gasteiger partial charge in [-0.05, 0) is 6.92 Å². The van der Waals surface area contributed by atoms with Crippen LogP contribution < -0.4 is 0 Å². The fraction of sp³-hybridized carbons (Fsp3) is 0.647. The van der Waals surface area contributed by atoms with Gasteiger partial charge in [-0.3, -0.25) is 0 Å². The predicted octanol–water partition coefficient (Wildman–Crippen LogP) is 6.63. The molecule has 0 aromatic heterocycles. The van der Waals surface area contributed by atoms with Crippen molar-refractivity contribution in [2.45, 2.75) is 74.1 Å². The van der Waals surface area contributed by atoms with Crippen molar-refractivity contribution in [2.24, 2.45) is 0 Å². The van der Waals surface area contributed by atoms with E-state index in [4.69, 9.17) is 0 Å². The SMILES string of the molecule is C.C.C1CCCCC1.CC.Cc1ccccc1. The molecule has 0 heterocycles. The zero-order chi connectivity index (χ0) is 11.4. The molecule has 102 valence electrons. The lowest BCUT2D eigenvalue weighted by molar-refractivity contribution is 0.504. The normalized spacial score (nSPS) is 12.4. The topological polar surface area (TPSA) is 0 Å². The van der Waals surface area contributed by atoms with Crippen molar-refractivity contribution in [2.75, 3.05) is 0 Å². The van der Waals surface area contributed by atoms with E-state index in [2.05, 4.69) is 19.1 Å². The molecule has 0 nitrogen and oxygen atoms in total. The highest BCUT2D eigenvalue weighted by Crippen LogP contribution is 2.15. The quantitative estimate of drug-likeness (QED) is 0.475. The smallest absolute Gasteiger partial charge is 0.0398 e. The molecule has 0 bridgehead atoms. The lowest BCUT2D eigenvalue weighted by Gasteiger charge is -2.05. The lowest BCUT2D eigenvalue weighted by atomic mass is 10.0. The molecule has 0 saturated heterocycles. The van der Waals surface area contributed by atoms with Gasteiger partial charge in [-0.2, -0.15) is 0 Å². The highest BCUT2D eigenvalue weighted by molar-refractivity contribution is 5.11. The minimum Gasteiger partial charge on any atom is -0.0776 e. The number of rotatable bonds is 0. The van der Waals surface area contributed by atoms with Crippen LogP contribution in [0, 0.1) is 6.92 Å². The van der Waals surface area contributed by atoms with E-state index in [1.54, 1.807) is 0 Å². The highest BCUT2D eigenvalue weighted by atomic mass is 14.0. The van der Waals surface area contributed by atoms with E-state index in [1.165, 1.54) is 44.1 Å². The largest absolute Gasteiger partial charge is 0.0776 e. The van der Waals surface area contributed by atoms with Crippen molar-refractivity contribution in [1.29, 1.82) is 0 Å². The summed E-state index contributed by atoms with van der Waals surface area (Å²) < 4.78 is 0. The first-order chi connectivity index (χ1) is 7.39. The number of aryl methyl sites for hydroxylation is 1. The standard InChI is InChI=1S/C7H8.C6H12.C2H6.2CH4/c1-7-5-3-2-4-6-7;1-2-4-6-5-3-1;1-2;;/h2-6H,1H3;1-6H2;1-2H3;2*1H4. The molecule has 0 heteroatoms. The van der Waals surface area contributed by atoms with Gasteiger partial charge in [0.15, 0.2) is 0 Å². The van der Waals surface area contributed by atoms with E-state index in [-0.39, 0.29) is 14.9 Å². The van der Waals surface area contributed by atoms with Gasteiger partial charge in [0.05, 0.1) is 0 Å². The second-order valence-electron chi connectivity index (χ2n) is 3.78. The van der Waals surface area contributed by atoms with Crippen LogP contribution in [-0.2, 0) is 0 Å². The summed E-state index contributed by atoms with van der Waals surface area (Å²) >= 11 is 0. The van der Waals surface area contributed by atoms with Gasteiger partial charge in [0.2, 0.25) is 0 Å². The zero-order valence-corrected chi connectivity index (χ0v) is 10.6. The molecule has 0 unspecified atom stereocenters. The first-order valence-corrected chi connectivity index (χ1v) is 6.41. The Morgan fingerprint density at radius 2 is 0.941 bits per heavy atom. The van der Waals surface area contributed by atoms with Crippen molar-refractivity contribution in [3.63, 3.8) is 0 Å². The third kappa shape index (κ3) is 15.2. The van der Waals surface area contributed by atoms with Crippen molar-refractivity contribution >= 4 is 0 Å². The molecule has 0 radical (unpaired) electrons. The zero-order valence-electron chi connectivity index (χ0n) is 10.6. The lowest BCUT2D eigenvalue weighted by Crippen LogP contribution is -1.85. The van der Waals surface area contributed by atoms with Crippen LogP contribution in [0.15, 0.2) is 30.3 Å². The Morgan fingerprint density at radius 3 is 1.12 bits per heavy atom. The van der Waals surface area contributed by atoms with Crippen molar-refractivity contribution < 1.29 is 0 Å². The maximum Gasteiger partial charge on any atom is -0.0398 e. The van der Waals surface area contributed by atoms with E-state index in [9.17, 15) is 0 Å². The molecule has 1 saturated carbocycles. The number of benzene rings is 1. The van der Waals surface area contributed by atoms with Gasteiger partial charge >= 0.3 is 0 Å². The third-order valence-corrected chi connectivity index (χ3v) is 2.44. The summed E-state index contributed by atoms with van der Waals surface area (Å²) in [5, 5.41) is 0. The second kappa shape index (κ2) is 17.6. The van der Waals surface area contributed by atoms with Crippen molar-refractivity contribution in [3.8, 4) is 0 Å². The molecule has 1 aliphatic carbocycles. The first kappa shape index (κ1) is 21.5. The molecule has 0 N–H and O–H groups in total. The van der Waals surface area contributed by atoms with Gasteiger partial charge in [-0.25, -0.2) is 0 Å². The molecular formula is C17H34. The minimum atomic E-state index is 0. The van der Waals surface area contributed by atoms with E-state index in [0.29, 0.717) is 0 Å². The monoisotopic (exact) mass is 238 g/mol. The number of hydrogen-bond acceptors (Lipinski definition) is 0. The van der Waals surface area contributed by atoms with Crippen LogP contribution in [-0.4, -0.2) is 0 Å². The van der Waals surface area contributed by atoms with Gasteiger partial charge in [-0.1, -0.05) is 103 Å². The fourth-order valence-electron chi connectivity index (χ4n) is 1.60. The van der Waals surface area contributed by atoms with E-state index in [1.807, 2.05) is 32.0 Å². The molecule has 1 aromatic carbocycles. The molecule has 0 aliphatic heterocycles. The Morgan fingerprint density at radius 1 is 0.647 bits per heavy atom. The van der Waals surface area contributed by atoms with Gasteiger partial charge in [-0.15, -0.1) is 0 Å². The molecule has 0 spiro atoms. The van der Waals surface area contributed by atoms with Gasteiger partial charge in [0.1, 0.15) is 0 Å². The van der Waals surface area contributed by atoms with Crippen molar-refractivity contribution in [1.82, 2.24) is 0 Å². The predicted molar refractivity (Wildman–Crippen MR) is 83.7 cm³/mol. The maximum atomic E-state index is 2.08. The Balaban J connectivity index is -0.000000184. The molecular weight excluding hydrogens is 204 g/mol. The fourth-order valence-corrected chi connectivity index (χ4v) is 1.60. The van der Waals surface area contributed by atoms with E-state index < -0.39 is 0 Å². The third-order valence-electron chi connectivity index (χ3n) is 2.44. The van der Waals surface area contributed by atoms with Crippen LogP contribution in [0.25, 0.3) is 0 Å². The molecule has 1 aromatic rings. The summed E-state index contributed by atoms with van der Waals surface area (Å²) in [6.45, 7) is 6.08. The van der Waals surface area contributed by atoms with Crippen LogP contribution in [0.3, 0.4) is 0 Å². The summed E-state index contributed by atoms with van der Waals surface area (Å²) in [5.41, 5.74) is 1.32. The highest BCUT2D eigenvalue weighted by Gasteiger charge is 1.95. The summed E-state index contributed by atoms with van der Waals surface area (Å²) in [7, 11) is 0. The minimum absolute atomic E-state index is 0. The molecule has 17 heavy (non-hydrogen) atoms. The van der Waals surface area contributed by atoms with Crippen LogP contribution in [0.1, 0.15) is 72.8 Å². The summed E-state index contributed by atoms with van der Waals surface area (Å²) in [6.07, 6.45) is 9.00. The average molecular weight is 238 g/mol. The number of hydrogen-bond donors (Lipinski definition) is 0. The van der Waals surface area contributed by atoms with Crippen LogP contribution in [0.2, 0.25) is 0 Å². The van der Waals surface area contributed by atoms with E-state index in [0.717, 1.165) is 0 Å². The Bertz CT molecular complexity index is 185. The Hall–Kier alpha value is -0.780. The molecule has 0 atom stereocenters. The van der Waals surface area contributed by atoms with Gasteiger partial charge in [0.25, 0.3) is 0 Å². The first-order valence-electron chi connectivity index (χ1n) is 6.41. The molecule has 0 amide bonds. The molecule has 1 fully saturated rings. The van der Waals surface area contributed by atoms with Crippen LogP contribution in [0.4, 0.5) is 0 Å². The van der Waals surface area contributed by atoms with Crippen LogP contribution in [0.5, 0.6) is 0 Å².